The van der Waals surface area contributed by atoms with Crippen molar-refractivity contribution in [2.75, 3.05) is 32.7 Å². The van der Waals surface area contributed by atoms with Crippen LogP contribution in [0, 0.1) is 0 Å². The molecular weight excluding hydrogens is 266 g/mol. The first-order valence-corrected chi connectivity index (χ1v) is 6.62. The predicted molar refractivity (Wildman–Crippen MR) is 69.3 cm³/mol. The van der Waals surface area contributed by atoms with Crippen molar-refractivity contribution in [2.45, 2.75) is 13.5 Å². The summed E-state index contributed by atoms with van der Waals surface area (Å²) in [4.78, 5) is 9.25. The fourth-order valence-electron chi connectivity index (χ4n) is 2.02. The second-order valence-electron chi connectivity index (χ2n) is 4.20. The van der Waals surface area contributed by atoms with Gasteiger partial charge in [0.25, 0.3) is 0 Å². The van der Waals surface area contributed by atoms with E-state index in [0.717, 1.165) is 11.1 Å². The Morgan fingerprint density at radius 1 is 1.19 bits per heavy atom. The van der Waals surface area contributed by atoms with Crippen LogP contribution in [0.25, 0.3) is 0 Å². The summed E-state index contributed by atoms with van der Waals surface area (Å²) in [6.45, 7) is 9.16. The van der Waals surface area contributed by atoms with E-state index in [1.165, 1.54) is 38.3 Å². The SMILES string of the molecule is CCN1CCN(Cc2ccc(Br)nc2)CC1. The Balaban J connectivity index is 1.84. The molecule has 0 saturated carbocycles. The fourth-order valence-corrected chi connectivity index (χ4v) is 2.26. The molecule has 16 heavy (non-hydrogen) atoms. The number of likely N-dealkylation sites (N-methyl/N-ethyl adjacent to an activating group) is 1. The molecule has 0 radical (unpaired) electrons. The maximum Gasteiger partial charge on any atom is 0.106 e. The summed E-state index contributed by atoms with van der Waals surface area (Å²) in [6, 6.07) is 4.15. The zero-order chi connectivity index (χ0) is 11.4. The second-order valence-corrected chi connectivity index (χ2v) is 5.01. The summed E-state index contributed by atoms with van der Waals surface area (Å²) >= 11 is 3.36. The molecular formula is C12H18BrN3. The molecule has 3 nitrogen and oxygen atoms in total. The van der Waals surface area contributed by atoms with Crippen LogP contribution in [0.4, 0.5) is 0 Å². The third-order valence-electron chi connectivity index (χ3n) is 3.11. The summed E-state index contributed by atoms with van der Waals surface area (Å²) in [6.07, 6.45) is 1.95. The number of pyridine rings is 1. The van der Waals surface area contributed by atoms with Gasteiger partial charge in [0, 0.05) is 38.9 Å². The van der Waals surface area contributed by atoms with Crippen LogP contribution in [0.5, 0.6) is 0 Å². The number of halogens is 1. The molecule has 1 aromatic heterocycles. The topological polar surface area (TPSA) is 19.4 Å². The Labute approximate surface area is 106 Å². The molecule has 0 aromatic carbocycles. The number of piperazine rings is 1. The van der Waals surface area contributed by atoms with E-state index in [4.69, 9.17) is 0 Å². The molecule has 1 aromatic rings. The average Bonchev–Trinajstić information content (AvgIpc) is 2.33. The van der Waals surface area contributed by atoms with Crippen LogP contribution in [-0.2, 0) is 6.54 Å². The van der Waals surface area contributed by atoms with Gasteiger partial charge >= 0.3 is 0 Å². The lowest BCUT2D eigenvalue weighted by atomic mass is 10.2. The first-order chi connectivity index (χ1) is 7.78. The predicted octanol–water partition coefficient (Wildman–Crippen LogP) is 1.98. The molecule has 0 aliphatic carbocycles. The molecule has 2 heterocycles. The van der Waals surface area contributed by atoms with Crippen LogP contribution in [0.15, 0.2) is 22.9 Å². The lowest BCUT2D eigenvalue weighted by molar-refractivity contribution is 0.132. The zero-order valence-corrected chi connectivity index (χ0v) is 11.3. The Hall–Kier alpha value is -0.450. The van der Waals surface area contributed by atoms with Crippen molar-refractivity contribution in [3.8, 4) is 0 Å². The molecule has 4 heteroatoms. The minimum Gasteiger partial charge on any atom is -0.301 e. The summed E-state index contributed by atoms with van der Waals surface area (Å²) < 4.78 is 0.909. The van der Waals surface area contributed by atoms with Crippen molar-refractivity contribution >= 4 is 15.9 Å². The van der Waals surface area contributed by atoms with E-state index in [0.29, 0.717) is 0 Å². The van der Waals surface area contributed by atoms with Crippen LogP contribution in [0.1, 0.15) is 12.5 Å². The summed E-state index contributed by atoms with van der Waals surface area (Å²) in [5.41, 5.74) is 1.30. The van der Waals surface area contributed by atoms with Crippen molar-refractivity contribution in [3.63, 3.8) is 0 Å². The van der Waals surface area contributed by atoms with E-state index in [-0.39, 0.29) is 0 Å². The molecule has 0 amide bonds. The molecule has 2 rings (SSSR count). The lowest BCUT2D eigenvalue weighted by Crippen LogP contribution is -2.45. The van der Waals surface area contributed by atoms with Crippen molar-refractivity contribution in [1.29, 1.82) is 0 Å². The molecule has 1 aliphatic heterocycles. The van der Waals surface area contributed by atoms with Crippen molar-refractivity contribution in [2.24, 2.45) is 0 Å². The van der Waals surface area contributed by atoms with Crippen LogP contribution < -0.4 is 0 Å². The molecule has 1 fully saturated rings. The van der Waals surface area contributed by atoms with E-state index < -0.39 is 0 Å². The van der Waals surface area contributed by atoms with Crippen molar-refractivity contribution in [1.82, 2.24) is 14.8 Å². The quantitative estimate of drug-likeness (QED) is 0.791. The van der Waals surface area contributed by atoms with Gasteiger partial charge in [-0.2, -0.15) is 0 Å². The number of hydrogen-bond donors (Lipinski definition) is 0. The highest BCUT2D eigenvalue weighted by molar-refractivity contribution is 9.10. The van der Waals surface area contributed by atoms with Gasteiger partial charge in [-0.15, -0.1) is 0 Å². The normalized spacial score (nSPS) is 18.9. The Morgan fingerprint density at radius 3 is 2.44 bits per heavy atom. The summed E-state index contributed by atoms with van der Waals surface area (Å²) in [5.74, 6) is 0. The first kappa shape index (κ1) is 12.0. The maximum absolute atomic E-state index is 4.26. The summed E-state index contributed by atoms with van der Waals surface area (Å²) in [7, 11) is 0. The molecule has 1 saturated heterocycles. The third-order valence-corrected chi connectivity index (χ3v) is 3.58. The third kappa shape index (κ3) is 3.27. The van der Waals surface area contributed by atoms with Gasteiger partial charge in [0.2, 0.25) is 0 Å². The van der Waals surface area contributed by atoms with Crippen LogP contribution in [0.3, 0.4) is 0 Å². The second kappa shape index (κ2) is 5.75. The first-order valence-electron chi connectivity index (χ1n) is 5.83. The van der Waals surface area contributed by atoms with E-state index in [9.17, 15) is 0 Å². The maximum atomic E-state index is 4.26. The number of aromatic nitrogens is 1. The molecule has 0 unspecified atom stereocenters. The zero-order valence-electron chi connectivity index (χ0n) is 9.69. The standard InChI is InChI=1S/C12H18BrN3/c1-2-15-5-7-16(8-6-15)10-11-3-4-12(13)14-9-11/h3-4,9H,2,5-8,10H2,1H3. The highest BCUT2D eigenvalue weighted by atomic mass is 79.9. The molecule has 0 bridgehead atoms. The molecule has 88 valence electrons. The van der Waals surface area contributed by atoms with E-state index >= 15 is 0 Å². The largest absolute Gasteiger partial charge is 0.301 e. The number of rotatable bonds is 3. The van der Waals surface area contributed by atoms with Gasteiger partial charge in [-0.25, -0.2) is 4.98 Å². The van der Waals surface area contributed by atoms with Gasteiger partial charge in [0.05, 0.1) is 0 Å². The molecule has 0 N–H and O–H groups in total. The highest BCUT2D eigenvalue weighted by Gasteiger charge is 2.15. The van der Waals surface area contributed by atoms with Crippen LogP contribution in [-0.4, -0.2) is 47.5 Å². The smallest absolute Gasteiger partial charge is 0.106 e. The lowest BCUT2D eigenvalue weighted by Gasteiger charge is -2.33. The Morgan fingerprint density at radius 2 is 1.88 bits per heavy atom. The molecule has 0 spiro atoms. The van der Waals surface area contributed by atoms with Crippen LogP contribution >= 0.6 is 15.9 Å². The van der Waals surface area contributed by atoms with Crippen molar-refractivity contribution < 1.29 is 0 Å². The van der Waals surface area contributed by atoms with Crippen LogP contribution in [0.2, 0.25) is 0 Å². The minimum atomic E-state index is 0.909. The van der Waals surface area contributed by atoms with Gasteiger partial charge in [0.1, 0.15) is 4.60 Å². The minimum absolute atomic E-state index is 0.909. The summed E-state index contributed by atoms with van der Waals surface area (Å²) in [5, 5.41) is 0. The van der Waals surface area contributed by atoms with E-state index in [2.05, 4.69) is 43.7 Å². The van der Waals surface area contributed by atoms with Gasteiger partial charge in [0.15, 0.2) is 0 Å². The highest BCUT2D eigenvalue weighted by Crippen LogP contribution is 2.10. The van der Waals surface area contributed by atoms with Crippen molar-refractivity contribution in [3.05, 3.63) is 28.5 Å². The van der Waals surface area contributed by atoms with Gasteiger partial charge in [-0.05, 0) is 34.1 Å². The van der Waals surface area contributed by atoms with Gasteiger partial charge in [-0.1, -0.05) is 13.0 Å². The number of hydrogen-bond acceptors (Lipinski definition) is 3. The molecule has 0 atom stereocenters. The van der Waals surface area contributed by atoms with E-state index in [1.54, 1.807) is 0 Å². The molecule has 1 aliphatic rings. The number of nitrogens with zero attached hydrogens (tertiary/aromatic N) is 3. The fraction of sp³-hybridized carbons (Fsp3) is 0.583. The average molecular weight is 284 g/mol. The monoisotopic (exact) mass is 283 g/mol. The van der Waals surface area contributed by atoms with Gasteiger partial charge < -0.3 is 4.90 Å². The Bertz CT molecular complexity index is 318. The Kier molecular flexibility index (Phi) is 4.32. The van der Waals surface area contributed by atoms with Gasteiger partial charge in [-0.3, -0.25) is 4.90 Å². The van der Waals surface area contributed by atoms with E-state index in [1.807, 2.05) is 12.3 Å².